The molecule has 1 aromatic carbocycles. The summed E-state index contributed by atoms with van der Waals surface area (Å²) in [6, 6.07) is 5.00. The minimum atomic E-state index is -0.355. The molecular formula is C17H21FN2O. The van der Waals surface area contributed by atoms with Crippen molar-refractivity contribution in [3.63, 3.8) is 0 Å². The maximum Gasteiger partial charge on any atom is 0.170 e. The van der Waals surface area contributed by atoms with Gasteiger partial charge in [-0.15, -0.1) is 0 Å². The van der Waals surface area contributed by atoms with E-state index in [1.54, 1.807) is 12.3 Å². The van der Waals surface area contributed by atoms with Crippen molar-refractivity contribution in [3.05, 3.63) is 35.8 Å². The van der Waals surface area contributed by atoms with Crippen LogP contribution in [0.2, 0.25) is 0 Å². The first-order valence-corrected chi connectivity index (χ1v) is 7.68. The van der Waals surface area contributed by atoms with Gasteiger partial charge >= 0.3 is 0 Å². The van der Waals surface area contributed by atoms with Gasteiger partial charge in [0.15, 0.2) is 5.78 Å². The molecular weight excluding hydrogens is 267 g/mol. The average molecular weight is 288 g/mol. The molecule has 2 N–H and O–H groups in total. The number of carbonyl (C=O) groups is 1. The molecule has 1 aromatic heterocycles. The Bertz CT molecular complexity index is 656. The van der Waals surface area contributed by atoms with Gasteiger partial charge in [0.25, 0.3) is 0 Å². The molecule has 0 amide bonds. The fourth-order valence-corrected chi connectivity index (χ4v) is 3.34. The van der Waals surface area contributed by atoms with E-state index in [-0.39, 0.29) is 17.0 Å². The fraction of sp³-hybridized carbons (Fsp3) is 0.471. The van der Waals surface area contributed by atoms with Crippen molar-refractivity contribution in [3.8, 4) is 0 Å². The number of benzene rings is 1. The SMILES string of the molecule is CCCC[C@@]1(C(=O)c2cc(F)c3[nH]ccc3c2)CCNC1. The Morgan fingerprint density at radius 3 is 3.00 bits per heavy atom. The van der Waals surface area contributed by atoms with E-state index in [1.165, 1.54) is 6.07 Å². The Morgan fingerprint density at radius 2 is 2.29 bits per heavy atom. The molecule has 2 heterocycles. The van der Waals surface area contributed by atoms with Crippen molar-refractivity contribution >= 4 is 16.7 Å². The van der Waals surface area contributed by atoms with Gasteiger partial charge in [0.05, 0.1) is 5.52 Å². The topological polar surface area (TPSA) is 44.9 Å². The number of fused-ring (bicyclic) bond motifs is 1. The van der Waals surface area contributed by atoms with Gasteiger partial charge in [0.2, 0.25) is 0 Å². The zero-order chi connectivity index (χ0) is 14.9. The highest BCUT2D eigenvalue weighted by molar-refractivity contribution is 6.03. The first-order valence-electron chi connectivity index (χ1n) is 7.68. The summed E-state index contributed by atoms with van der Waals surface area (Å²) in [5.74, 6) is -0.264. The zero-order valence-electron chi connectivity index (χ0n) is 12.3. The van der Waals surface area contributed by atoms with Gasteiger partial charge in [-0.1, -0.05) is 19.8 Å². The molecule has 1 atom stereocenters. The third kappa shape index (κ3) is 2.48. The van der Waals surface area contributed by atoms with Crippen LogP contribution in [-0.4, -0.2) is 23.9 Å². The summed E-state index contributed by atoms with van der Waals surface area (Å²) in [5.41, 5.74) is 0.616. The molecule has 2 aromatic rings. The highest BCUT2D eigenvalue weighted by atomic mass is 19.1. The van der Waals surface area contributed by atoms with E-state index in [0.29, 0.717) is 17.6 Å². The predicted octanol–water partition coefficient (Wildman–Crippen LogP) is 3.66. The van der Waals surface area contributed by atoms with Gasteiger partial charge in [0.1, 0.15) is 5.82 Å². The van der Waals surface area contributed by atoms with Crippen LogP contribution in [-0.2, 0) is 0 Å². The third-order valence-electron chi connectivity index (χ3n) is 4.61. The Hall–Kier alpha value is -1.68. The summed E-state index contributed by atoms with van der Waals surface area (Å²) in [5, 5.41) is 4.06. The molecule has 1 fully saturated rings. The number of nitrogens with one attached hydrogen (secondary N) is 2. The smallest absolute Gasteiger partial charge is 0.170 e. The molecule has 1 saturated heterocycles. The van der Waals surface area contributed by atoms with Gasteiger partial charge in [-0.25, -0.2) is 4.39 Å². The molecule has 112 valence electrons. The van der Waals surface area contributed by atoms with Crippen LogP contribution < -0.4 is 5.32 Å². The second-order valence-corrected chi connectivity index (χ2v) is 6.04. The quantitative estimate of drug-likeness (QED) is 0.825. The molecule has 21 heavy (non-hydrogen) atoms. The molecule has 3 nitrogen and oxygen atoms in total. The maximum atomic E-state index is 14.1. The van der Waals surface area contributed by atoms with Crippen molar-refractivity contribution in [1.82, 2.24) is 10.3 Å². The second kappa shape index (κ2) is 5.60. The number of rotatable bonds is 5. The van der Waals surface area contributed by atoms with E-state index in [1.807, 2.05) is 6.07 Å². The van der Waals surface area contributed by atoms with E-state index in [4.69, 9.17) is 0 Å². The second-order valence-electron chi connectivity index (χ2n) is 6.04. The van der Waals surface area contributed by atoms with Crippen molar-refractivity contribution in [2.75, 3.05) is 13.1 Å². The number of Topliss-reactive ketones (excluding diaryl/α,β-unsaturated/α-hetero) is 1. The molecule has 1 aliphatic rings. The molecule has 0 saturated carbocycles. The minimum absolute atomic E-state index is 0.0861. The Morgan fingerprint density at radius 1 is 1.43 bits per heavy atom. The highest BCUT2D eigenvalue weighted by Crippen LogP contribution is 2.36. The van der Waals surface area contributed by atoms with Crippen LogP contribution in [0.15, 0.2) is 24.4 Å². The van der Waals surface area contributed by atoms with Crippen molar-refractivity contribution in [2.24, 2.45) is 5.41 Å². The lowest BCUT2D eigenvalue weighted by molar-refractivity contribution is 0.0799. The first kappa shape index (κ1) is 14.3. The molecule has 1 aliphatic heterocycles. The first-order chi connectivity index (χ1) is 10.2. The summed E-state index contributed by atoms with van der Waals surface area (Å²) in [6.07, 6.45) is 5.52. The Kier molecular flexibility index (Phi) is 3.81. The van der Waals surface area contributed by atoms with Gasteiger partial charge in [-0.3, -0.25) is 4.79 Å². The number of H-pyrrole nitrogens is 1. The number of ketones is 1. The van der Waals surface area contributed by atoms with Gasteiger partial charge in [0, 0.05) is 29.1 Å². The van der Waals surface area contributed by atoms with Crippen LogP contribution in [0.3, 0.4) is 0 Å². The fourth-order valence-electron chi connectivity index (χ4n) is 3.34. The Labute approximate surface area is 123 Å². The predicted molar refractivity (Wildman–Crippen MR) is 82.0 cm³/mol. The summed E-state index contributed by atoms with van der Waals surface area (Å²) in [4.78, 5) is 15.8. The summed E-state index contributed by atoms with van der Waals surface area (Å²) >= 11 is 0. The van der Waals surface area contributed by atoms with Gasteiger partial charge in [-0.05, 0) is 37.6 Å². The molecule has 0 spiro atoms. The zero-order valence-corrected chi connectivity index (χ0v) is 12.3. The van der Waals surface area contributed by atoms with E-state index >= 15 is 0 Å². The lowest BCUT2D eigenvalue weighted by atomic mass is 9.75. The number of aromatic amines is 1. The number of aromatic nitrogens is 1. The van der Waals surface area contributed by atoms with Crippen LogP contribution in [0.1, 0.15) is 43.0 Å². The van der Waals surface area contributed by atoms with Crippen molar-refractivity contribution in [1.29, 1.82) is 0 Å². The van der Waals surface area contributed by atoms with Crippen LogP contribution >= 0.6 is 0 Å². The minimum Gasteiger partial charge on any atom is -0.359 e. The molecule has 0 aliphatic carbocycles. The van der Waals surface area contributed by atoms with Crippen molar-refractivity contribution in [2.45, 2.75) is 32.6 Å². The lowest BCUT2D eigenvalue weighted by Gasteiger charge is -2.26. The van der Waals surface area contributed by atoms with Crippen LogP contribution in [0.25, 0.3) is 10.9 Å². The maximum absolute atomic E-state index is 14.1. The normalized spacial score (nSPS) is 22.0. The number of carbonyl (C=O) groups excluding carboxylic acids is 1. The highest BCUT2D eigenvalue weighted by Gasteiger charge is 2.40. The van der Waals surface area contributed by atoms with E-state index in [9.17, 15) is 9.18 Å². The molecule has 4 heteroatoms. The number of unbranched alkanes of at least 4 members (excludes halogenated alkanes) is 1. The molecule has 3 rings (SSSR count). The summed E-state index contributed by atoms with van der Waals surface area (Å²) < 4.78 is 14.1. The van der Waals surface area contributed by atoms with Crippen LogP contribution in [0.5, 0.6) is 0 Å². The largest absolute Gasteiger partial charge is 0.359 e. The number of halogens is 1. The monoisotopic (exact) mass is 288 g/mol. The van der Waals surface area contributed by atoms with E-state index in [2.05, 4.69) is 17.2 Å². The number of hydrogen-bond acceptors (Lipinski definition) is 2. The van der Waals surface area contributed by atoms with Crippen LogP contribution in [0, 0.1) is 11.2 Å². The molecule has 0 radical (unpaired) electrons. The van der Waals surface area contributed by atoms with Crippen molar-refractivity contribution < 1.29 is 9.18 Å². The third-order valence-corrected chi connectivity index (χ3v) is 4.61. The summed E-state index contributed by atoms with van der Waals surface area (Å²) in [7, 11) is 0. The van der Waals surface area contributed by atoms with Gasteiger partial charge < -0.3 is 10.3 Å². The van der Waals surface area contributed by atoms with Gasteiger partial charge in [-0.2, -0.15) is 0 Å². The van der Waals surface area contributed by atoms with E-state index in [0.717, 1.165) is 37.6 Å². The lowest BCUT2D eigenvalue weighted by Crippen LogP contribution is -2.33. The average Bonchev–Trinajstić information content (AvgIpc) is 3.14. The van der Waals surface area contributed by atoms with Crippen LogP contribution in [0.4, 0.5) is 4.39 Å². The Balaban J connectivity index is 1.97. The van der Waals surface area contributed by atoms with E-state index < -0.39 is 0 Å². The molecule has 0 unspecified atom stereocenters. The molecule has 0 bridgehead atoms. The number of hydrogen-bond donors (Lipinski definition) is 2. The summed E-state index contributed by atoms with van der Waals surface area (Å²) in [6.45, 7) is 3.70. The standard InChI is InChI=1S/C17H21FN2O/c1-2-3-5-17(6-8-19-11-17)16(21)13-9-12-4-7-20-15(12)14(18)10-13/h4,7,9-10,19-20H,2-3,5-6,8,11H2,1H3/t17-/m1/s1.